The van der Waals surface area contributed by atoms with E-state index >= 15 is 0 Å². The zero-order chi connectivity index (χ0) is 15.6. The maximum Gasteiger partial charge on any atom is 0.253 e. The first-order chi connectivity index (χ1) is 9.90. The lowest BCUT2D eigenvalue weighted by Gasteiger charge is -2.07. The minimum atomic E-state index is -0.421. The molecule has 114 valence electrons. The molecule has 0 aromatic carbocycles. The van der Waals surface area contributed by atoms with Crippen LogP contribution < -0.4 is 5.32 Å². The van der Waals surface area contributed by atoms with Crippen molar-refractivity contribution in [3.05, 3.63) is 34.8 Å². The maximum absolute atomic E-state index is 12.2. The molecule has 2 aromatic rings. The Bertz CT molecular complexity index is 641. The van der Waals surface area contributed by atoms with Crippen molar-refractivity contribution in [1.29, 1.82) is 0 Å². The number of aliphatic hydroxyl groups excluding tert-OH is 1. The summed E-state index contributed by atoms with van der Waals surface area (Å²) >= 11 is 0. The molecule has 0 spiro atoms. The van der Waals surface area contributed by atoms with Crippen LogP contribution in [0.4, 0.5) is 0 Å². The van der Waals surface area contributed by atoms with Gasteiger partial charge in [-0.15, -0.1) is 0 Å². The fourth-order valence-corrected chi connectivity index (χ4v) is 2.29. The predicted octanol–water partition coefficient (Wildman–Crippen LogP) is 1.89. The highest BCUT2D eigenvalue weighted by molar-refractivity contribution is 5.95. The summed E-state index contributed by atoms with van der Waals surface area (Å²) in [6, 6.07) is 3.66. The first kappa shape index (κ1) is 15.3. The van der Waals surface area contributed by atoms with Gasteiger partial charge in [0.1, 0.15) is 5.76 Å². The Morgan fingerprint density at radius 1 is 1.43 bits per heavy atom. The van der Waals surface area contributed by atoms with Crippen LogP contribution in [0.15, 0.2) is 16.7 Å². The number of carbonyl (C=O) groups excluding carboxylic acids is 1. The van der Waals surface area contributed by atoms with E-state index in [9.17, 15) is 9.90 Å². The zero-order valence-corrected chi connectivity index (χ0v) is 12.8. The highest BCUT2D eigenvalue weighted by atomic mass is 16.5. The summed E-state index contributed by atoms with van der Waals surface area (Å²) in [5.41, 5.74) is 2.34. The second-order valence-corrected chi connectivity index (χ2v) is 5.31. The Balaban J connectivity index is 2.21. The maximum atomic E-state index is 12.2. The predicted molar refractivity (Wildman–Crippen MR) is 78.7 cm³/mol. The van der Waals surface area contributed by atoms with E-state index in [1.54, 1.807) is 6.92 Å². The molecule has 21 heavy (non-hydrogen) atoms. The Morgan fingerprint density at radius 2 is 2.14 bits per heavy atom. The van der Waals surface area contributed by atoms with Gasteiger partial charge in [0, 0.05) is 24.0 Å². The van der Waals surface area contributed by atoms with Crippen LogP contribution >= 0.6 is 0 Å². The molecule has 1 amide bonds. The topological polar surface area (TPSA) is 80.3 Å². The third-order valence-electron chi connectivity index (χ3n) is 3.37. The fourth-order valence-electron chi connectivity index (χ4n) is 2.29. The molecule has 0 saturated heterocycles. The number of aliphatic hydroxyl groups is 1. The summed E-state index contributed by atoms with van der Waals surface area (Å²) in [5, 5.41) is 16.0. The number of carbonyl (C=O) groups is 1. The van der Waals surface area contributed by atoms with Crippen LogP contribution in [0.25, 0.3) is 5.82 Å². The van der Waals surface area contributed by atoms with Crippen LogP contribution in [0.5, 0.6) is 0 Å². The molecule has 0 saturated carbocycles. The second kappa shape index (κ2) is 6.13. The number of rotatable bonds is 5. The van der Waals surface area contributed by atoms with E-state index in [0.29, 0.717) is 24.3 Å². The van der Waals surface area contributed by atoms with Gasteiger partial charge in [-0.3, -0.25) is 9.36 Å². The van der Waals surface area contributed by atoms with Gasteiger partial charge in [-0.1, -0.05) is 5.16 Å². The van der Waals surface area contributed by atoms with Crippen molar-refractivity contribution in [2.75, 3.05) is 6.54 Å². The number of nitrogens with zero attached hydrogens (tertiary/aromatic N) is 2. The van der Waals surface area contributed by atoms with Gasteiger partial charge < -0.3 is 14.9 Å². The van der Waals surface area contributed by atoms with E-state index in [1.165, 1.54) is 0 Å². The molecular weight excluding hydrogens is 270 g/mol. The molecule has 1 unspecified atom stereocenters. The van der Waals surface area contributed by atoms with Crippen molar-refractivity contribution < 1.29 is 14.4 Å². The first-order valence-electron chi connectivity index (χ1n) is 6.99. The molecule has 2 N–H and O–H groups in total. The summed E-state index contributed by atoms with van der Waals surface area (Å²) in [5.74, 6) is 1.25. The number of hydrogen-bond acceptors (Lipinski definition) is 4. The average molecular weight is 291 g/mol. The van der Waals surface area contributed by atoms with Gasteiger partial charge in [-0.05, 0) is 40.2 Å². The third-order valence-corrected chi connectivity index (χ3v) is 3.37. The number of aromatic nitrogens is 2. The molecule has 6 heteroatoms. The average Bonchev–Trinajstić information content (AvgIpc) is 2.93. The molecule has 0 bridgehead atoms. The van der Waals surface area contributed by atoms with Crippen LogP contribution in [-0.2, 0) is 0 Å². The van der Waals surface area contributed by atoms with Gasteiger partial charge >= 0.3 is 0 Å². The van der Waals surface area contributed by atoms with Crippen molar-refractivity contribution in [2.24, 2.45) is 0 Å². The molecule has 6 nitrogen and oxygen atoms in total. The van der Waals surface area contributed by atoms with Crippen LogP contribution in [0.1, 0.15) is 40.9 Å². The standard InChI is InChI=1S/C15H21N3O3/c1-9-7-13(15(20)16-6-5-10(2)19)12(4)18(9)14-8-11(3)21-17-14/h7-8,10,19H,5-6H2,1-4H3,(H,16,20). The number of aryl methyl sites for hydroxylation is 2. The molecule has 1 atom stereocenters. The van der Waals surface area contributed by atoms with Crippen LogP contribution in [0.3, 0.4) is 0 Å². The quantitative estimate of drug-likeness (QED) is 0.881. The highest BCUT2D eigenvalue weighted by Gasteiger charge is 2.18. The molecule has 0 radical (unpaired) electrons. The van der Waals surface area contributed by atoms with Gasteiger partial charge in [0.05, 0.1) is 11.7 Å². The SMILES string of the molecule is Cc1cc(-n2c(C)cc(C(=O)NCCC(C)O)c2C)no1. The largest absolute Gasteiger partial charge is 0.393 e. The van der Waals surface area contributed by atoms with Crippen molar-refractivity contribution >= 4 is 5.91 Å². The Morgan fingerprint density at radius 3 is 2.71 bits per heavy atom. The van der Waals surface area contributed by atoms with Crippen LogP contribution in [-0.4, -0.2) is 33.4 Å². The third kappa shape index (κ3) is 3.33. The molecule has 0 aliphatic rings. The highest BCUT2D eigenvalue weighted by Crippen LogP contribution is 2.20. The number of nitrogens with one attached hydrogen (secondary N) is 1. The summed E-state index contributed by atoms with van der Waals surface area (Å²) < 4.78 is 6.98. The Labute approximate surface area is 123 Å². The van der Waals surface area contributed by atoms with Gasteiger partial charge in [-0.2, -0.15) is 0 Å². The lowest BCUT2D eigenvalue weighted by Crippen LogP contribution is -2.26. The van der Waals surface area contributed by atoms with Crippen LogP contribution in [0.2, 0.25) is 0 Å². The van der Waals surface area contributed by atoms with E-state index in [1.807, 2.05) is 37.5 Å². The molecule has 2 rings (SSSR count). The van der Waals surface area contributed by atoms with Crippen LogP contribution in [0, 0.1) is 20.8 Å². The van der Waals surface area contributed by atoms with Gasteiger partial charge in [-0.25, -0.2) is 0 Å². The summed E-state index contributed by atoms with van der Waals surface area (Å²) in [4.78, 5) is 12.2. The van der Waals surface area contributed by atoms with Crippen molar-refractivity contribution in [1.82, 2.24) is 15.0 Å². The summed E-state index contributed by atoms with van der Waals surface area (Å²) in [7, 11) is 0. The van der Waals surface area contributed by atoms with E-state index in [4.69, 9.17) is 4.52 Å². The smallest absolute Gasteiger partial charge is 0.253 e. The molecule has 0 aliphatic heterocycles. The van der Waals surface area contributed by atoms with E-state index in [0.717, 1.165) is 17.1 Å². The van der Waals surface area contributed by atoms with Crippen molar-refractivity contribution in [3.8, 4) is 5.82 Å². The molecular formula is C15H21N3O3. The lowest BCUT2D eigenvalue weighted by molar-refractivity contribution is 0.0945. The minimum Gasteiger partial charge on any atom is -0.393 e. The fraction of sp³-hybridized carbons (Fsp3) is 0.467. The first-order valence-corrected chi connectivity index (χ1v) is 6.99. The van der Waals surface area contributed by atoms with E-state index in [2.05, 4.69) is 10.5 Å². The lowest BCUT2D eigenvalue weighted by atomic mass is 10.2. The second-order valence-electron chi connectivity index (χ2n) is 5.31. The summed E-state index contributed by atoms with van der Waals surface area (Å²) in [6.45, 7) is 7.77. The molecule has 2 aromatic heterocycles. The normalized spacial score (nSPS) is 12.4. The molecule has 2 heterocycles. The van der Waals surface area contributed by atoms with Crippen molar-refractivity contribution in [3.63, 3.8) is 0 Å². The van der Waals surface area contributed by atoms with E-state index < -0.39 is 6.10 Å². The zero-order valence-electron chi connectivity index (χ0n) is 12.8. The Kier molecular flexibility index (Phi) is 4.47. The summed E-state index contributed by atoms with van der Waals surface area (Å²) in [6.07, 6.45) is 0.114. The molecule has 0 aliphatic carbocycles. The van der Waals surface area contributed by atoms with E-state index in [-0.39, 0.29) is 5.91 Å². The van der Waals surface area contributed by atoms with Gasteiger partial charge in [0.25, 0.3) is 5.91 Å². The van der Waals surface area contributed by atoms with Crippen molar-refractivity contribution in [2.45, 2.75) is 40.2 Å². The minimum absolute atomic E-state index is 0.143. The number of amides is 1. The Hall–Kier alpha value is -2.08. The molecule has 0 fully saturated rings. The van der Waals surface area contributed by atoms with Gasteiger partial charge in [0.2, 0.25) is 0 Å². The van der Waals surface area contributed by atoms with Gasteiger partial charge in [0.15, 0.2) is 5.82 Å². The monoisotopic (exact) mass is 291 g/mol. The number of hydrogen-bond donors (Lipinski definition) is 2.